The van der Waals surface area contributed by atoms with Gasteiger partial charge in [-0.2, -0.15) is 4.98 Å². The summed E-state index contributed by atoms with van der Waals surface area (Å²) in [6.45, 7) is 4.41. The molecule has 2 rings (SSSR count). The summed E-state index contributed by atoms with van der Waals surface area (Å²) < 4.78 is 5.18. The van der Waals surface area contributed by atoms with Crippen LogP contribution in [0.15, 0.2) is 10.8 Å². The molecule has 0 fully saturated rings. The molecule has 0 aromatic carbocycles. The maximum atomic E-state index is 5.64. The third-order valence-corrected chi connectivity index (χ3v) is 2.63. The predicted octanol–water partition coefficient (Wildman–Crippen LogP) is 0.710. The van der Waals surface area contributed by atoms with Crippen LogP contribution in [0.3, 0.4) is 0 Å². The zero-order valence-electron chi connectivity index (χ0n) is 9.64. The van der Waals surface area contributed by atoms with Gasteiger partial charge in [0.1, 0.15) is 5.82 Å². The molecule has 16 heavy (non-hydrogen) atoms. The highest BCUT2D eigenvalue weighted by molar-refractivity contribution is 5.81. The van der Waals surface area contributed by atoms with Gasteiger partial charge in [0, 0.05) is 19.6 Å². The molecule has 0 amide bonds. The zero-order valence-corrected chi connectivity index (χ0v) is 9.64. The number of aromatic nitrogens is 3. The normalized spacial score (nSPS) is 13.0. The number of fused-ring (bicyclic) bond motifs is 1. The van der Waals surface area contributed by atoms with E-state index in [1.165, 1.54) is 6.39 Å². The van der Waals surface area contributed by atoms with E-state index in [9.17, 15) is 0 Å². The molecule has 0 spiro atoms. The van der Waals surface area contributed by atoms with Crippen LogP contribution in [-0.4, -0.2) is 34.6 Å². The van der Waals surface area contributed by atoms with Crippen molar-refractivity contribution in [3.05, 3.63) is 12.2 Å². The van der Waals surface area contributed by atoms with Gasteiger partial charge in [0.2, 0.25) is 0 Å². The van der Waals surface area contributed by atoms with E-state index in [1.807, 2.05) is 25.8 Å². The van der Waals surface area contributed by atoms with Gasteiger partial charge in [0.15, 0.2) is 17.7 Å². The Kier molecular flexibility index (Phi) is 2.74. The SMILES string of the molecule is Cc1nc(N(C)C(C)CN)c2ncoc2n1. The minimum atomic E-state index is 0.189. The maximum absolute atomic E-state index is 5.64. The average Bonchev–Trinajstić information content (AvgIpc) is 2.73. The molecule has 0 aliphatic carbocycles. The van der Waals surface area contributed by atoms with E-state index in [0.29, 0.717) is 23.6 Å². The number of aryl methyl sites for hydroxylation is 1. The van der Waals surface area contributed by atoms with Gasteiger partial charge in [-0.1, -0.05) is 0 Å². The van der Waals surface area contributed by atoms with Crippen LogP contribution < -0.4 is 10.6 Å². The largest absolute Gasteiger partial charge is 0.425 e. The van der Waals surface area contributed by atoms with Gasteiger partial charge in [-0.3, -0.25) is 0 Å². The van der Waals surface area contributed by atoms with Crippen LogP contribution in [0, 0.1) is 6.92 Å². The van der Waals surface area contributed by atoms with Crippen LogP contribution in [0.25, 0.3) is 11.2 Å². The Bertz CT molecular complexity index is 495. The smallest absolute Gasteiger partial charge is 0.252 e. The third kappa shape index (κ3) is 1.71. The number of nitrogens with zero attached hydrogens (tertiary/aromatic N) is 4. The molecule has 1 atom stereocenters. The van der Waals surface area contributed by atoms with Gasteiger partial charge in [0.25, 0.3) is 5.71 Å². The van der Waals surface area contributed by atoms with Crippen LogP contribution in [-0.2, 0) is 0 Å². The lowest BCUT2D eigenvalue weighted by Gasteiger charge is -2.24. The van der Waals surface area contributed by atoms with Gasteiger partial charge < -0.3 is 15.1 Å². The van der Waals surface area contributed by atoms with Crippen LogP contribution in [0.1, 0.15) is 12.7 Å². The topological polar surface area (TPSA) is 81.1 Å². The minimum Gasteiger partial charge on any atom is -0.425 e. The quantitative estimate of drug-likeness (QED) is 0.822. The van der Waals surface area contributed by atoms with Gasteiger partial charge in [-0.25, -0.2) is 9.97 Å². The second kappa shape index (κ2) is 4.05. The van der Waals surface area contributed by atoms with E-state index in [2.05, 4.69) is 15.0 Å². The molecule has 0 aliphatic rings. The lowest BCUT2D eigenvalue weighted by atomic mass is 10.3. The molecule has 6 heteroatoms. The first-order valence-electron chi connectivity index (χ1n) is 5.14. The lowest BCUT2D eigenvalue weighted by Crippen LogP contribution is -2.36. The Morgan fingerprint density at radius 3 is 2.94 bits per heavy atom. The summed E-state index contributed by atoms with van der Waals surface area (Å²) in [5, 5.41) is 0. The molecule has 2 N–H and O–H groups in total. The number of likely N-dealkylation sites (N-methyl/N-ethyl adjacent to an activating group) is 1. The van der Waals surface area contributed by atoms with E-state index in [0.717, 1.165) is 5.82 Å². The Morgan fingerprint density at radius 2 is 2.25 bits per heavy atom. The number of oxazole rings is 1. The number of hydrogen-bond acceptors (Lipinski definition) is 6. The number of rotatable bonds is 3. The molecule has 0 saturated carbocycles. The summed E-state index contributed by atoms with van der Waals surface area (Å²) in [4.78, 5) is 14.7. The van der Waals surface area contributed by atoms with E-state index in [-0.39, 0.29) is 6.04 Å². The van der Waals surface area contributed by atoms with Crippen molar-refractivity contribution in [2.45, 2.75) is 19.9 Å². The molecule has 0 bridgehead atoms. The standard InChI is InChI=1S/C10H15N5O/c1-6(4-11)15(3)9-8-10(16-5-12-8)14-7(2)13-9/h5-6H,4,11H2,1-3H3. The fraction of sp³-hybridized carbons (Fsp3) is 0.500. The second-order valence-corrected chi connectivity index (χ2v) is 3.80. The van der Waals surface area contributed by atoms with E-state index in [1.54, 1.807) is 0 Å². The molecule has 2 aromatic heterocycles. The Balaban J connectivity index is 2.53. The molecular weight excluding hydrogens is 206 g/mol. The Hall–Kier alpha value is -1.69. The van der Waals surface area contributed by atoms with E-state index < -0.39 is 0 Å². The highest BCUT2D eigenvalue weighted by Gasteiger charge is 2.16. The molecule has 6 nitrogen and oxygen atoms in total. The van der Waals surface area contributed by atoms with E-state index in [4.69, 9.17) is 10.2 Å². The molecule has 2 aromatic rings. The van der Waals surface area contributed by atoms with Crippen molar-refractivity contribution >= 4 is 17.0 Å². The summed E-state index contributed by atoms with van der Waals surface area (Å²) in [5.41, 5.74) is 6.83. The van der Waals surface area contributed by atoms with Crippen molar-refractivity contribution in [2.75, 3.05) is 18.5 Å². The average molecular weight is 221 g/mol. The summed E-state index contributed by atoms with van der Waals surface area (Å²) in [6.07, 6.45) is 1.38. The Labute approximate surface area is 93.5 Å². The molecule has 0 radical (unpaired) electrons. The van der Waals surface area contributed by atoms with Crippen molar-refractivity contribution < 1.29 is 4.42 Å². The fourth-order valence-electron chi connectivity index (χ4n) is 1.46. The number of hydrogen-bond donors (Lipinski definition) is 1. The molecule has 0 saturated heterocycles. The first kappa shape index (κ1) is 10.8. The van der Waals surface area contributed by atoms with Gasteiger partial charge in [-0.15, -0.1) is 0 Å². The monoisotopic (exact) mass is 221 g/mol. The maximum Gasteiger partial charge on any atom is 0.252 e. The van der Waals surface area contributed by atoms with Crippen molar-refractivity contribution in [3.8, 4) is 0 Å². The molecule has 86 valence electrons. The number of anilines is 1. The zero-order chi connectivity index (χ0) is 11.7. The van der Waals surface area contributed by atoms with Gasteiger partial charge in [0.05, 0.1) is 0 Å². The summed E-state index contributed by atoms with van der Waals surface area (Å²) in [5.74, 6) is 1.42. The number of nitrogens with two attached hydrogens (primary N) is 1. The highest BCUT2D eigenvalue weighted by atomic mass is 16.3. The van der Waals surface area contributed by atoms with Gasteiger partial charge in [-0.05, 0) is 13.8 Å². The fourth-order valence-corrected chi connectivity index (χ4v) is 1.46. The van der Waals surface area contributed by atoms with Crippen LogP contribution >= 0.6 is 0 Å². The van der Waals surface area contributed by atoms with E-state index >= 15 is 0 Å². The minimum absolute atomic E-state index is 0.189. The van der Waals surface area contributed by atoms with Crippen LogP contribution in [0.5, 0.6) is 0 Å². The third-order valence-electron chi connectivity index (χ3n) is 2.63. The first-order chi connectivity index (χ1) is 7.63. The predicted molar refractivity (Wildman–Crippen MR) is 61.3 cm³/mol. The summed E-state index contributed by atoms with van der Waals surface area (Å²) in [7, 11) is 1.94. The van der Waals surface area contributed by atoms with Crippen molar-refractivity contribution in [2.24, 2.45) is 5.73 Å². The highest BCUT2D eigenvalue weighted by Crippen LogP contribution is 2.22. The Morgan fingerprint density at radius 1 is 1.50 bits per heavy atom. The first-order valence-corrected chi connectivity index (χ1v) is 5.14. The molecular formula is C10H15N5O. The van der Waals surface area contributed by atoms with Gasteiger partial charge >= 0.3 is 0 Å². The van der Waals surface area contributed by atoms with Crippen molar-refractivity contribution in [3.63, 3.8) is 0 Å². The molecule has 1 unspecified atom stereocenters. The lowest BCUT2D eigenvalue weighted by molar-refractivity contribution is 0.588. The molecule has 2 heterocycles. The summed E-state index contributed by atoms with van der Waals surface area (Å²) >= 11 is 0. The van der Waals surface area contributed by atoms with Crippen molar-refractivity contribution in [1.82, 2.24) is 15.0 Å². The van der Waals surface area contributed by atoms with Crippen LogP contribution in [0.2, 0.25) is 0 Å². The van der Waals surface area contributed by atoms with Crippen molar-refractivity contribution in [1.29, 1.82) is 0 Å². The summed E-state index contributed by atoms with van der Waals surface area (Å²) in [6, 6.07) is 0.189. The molecule has 0 aliphatic heterocycles. The van der Waals surface area contributed by atoms with Crippen LogP contribution in [0.4, 0.5) is 5.82 Å². The second-order valence-electron chi connectivity index (χ2n) is 3.80.